The Labute approximate surface area is 78.4 Å². The second kappa shape index (κ2) is 3.10. The first-order valence-electron chi connectivity index (χ1n) is 4.82. The van der Waals surface area contributed by atoms with Gasteiger partial charge in [0.2, 0.25) is 0 Å². The molecule has 0 aromatic carbocycles. The van der Waals surface area contributed by atoms with Gasteiger partial charge in [0.05, 0.1) is 5.54 Å². The van der Waals surface area contributed by atoms with E-state index < -0.39 is 0 Å². The zero-order valence-electron chi connectivity index (χ0n) is 8.25. The molecule has 1 aromatic rings. The smallest absolute Gasteiger partial charge is 0.152 e. The number of aromatic nitrogens is 3. The van der Waals surface area contributed by atoms with Crippen LogP contribution in [0.3, 0.4) is 0 Å². The van der Waals surface area contributed by atoms with Crippen LogP contribution in [-0.4, -0.2) is 21.8 Å². The van der Waals surface area contributed by atoms with Crippen LogP contribution in [0.4, 0.5) is 0 Å². The zero-order chi connectivity index (χ0) is 9.31. The van der Waals surface area contributed by atoms with Crippen molar-refractivity contribution in [2.75, 3.05) is 7.05 Å². The molecule has 4 nitrogen and oxygen atoms in total. The number of hydrogen-bond donors (Lipinski definition) is 1. The van der Waals surface area contributed by atoms with Gasteiger partial charge in [-0.1, -0.05) is 12.8 Å². The Morgan fingerprint density at radius 1 is 1.46 bits per heavy atom. The van der Waals surface area contributed by atoms with E-state index in [0.717, 1.165) is 5.82 Å². The summed E-state index contributed by atoms with van der Waals surface area (Å²) in [5, 5.41) is 11.5. The second-order valence-electron chi connectivity index (χ2n) is 3.80. The number of rotatable bonds is 2. The summed E-state index contributed by atoms with van der Waals surface area (Å²) in [4.78, 5) is 0. The molecule has 0 radical (unpaired) electrons. The van der Waals surface area contributed by atoms with Gasteiger partial charge < -0.3 is 9.88 Å². The van der Waals surface area contributed by atoms with Crippen molar-refractivity contribution in [2.24, 2.45) is 7.05 Å². The summed E-state index contributed by atoms with van der Waals surface area (Å²) in [5.41, 5.74) is 0.0885. The van der Waals surface area contributed by atoms with Crippen LogP contribution in [0.1, 0.15) is 31.5 Å². The van der Waals surface area contributed by atoms with E-state index in [1.807, 2.05) is 18.7 Å². The molecule has 0 aliphatic heterocycles. The monoisotopic (exact) mass is 180 g/mol. The molecule has 1 aliphatic rings. The van der Waals surface area contributed by atoms with Gasteiger partial charge in [0.15, 0.2) is 5.82 Å². The van der Waals surface area contributed by atoms with Crippen LogP contribution in [0.25, 0.3) is 0 Å². The third kappa shape index (κ3) is 1.25. The van der Waals surface area contributed by atoms with E-state index in [9.17, 15) is 0 Å². The van der Waals surface area contributed by atoms with Gasteiger partial charge in [0.25, 0.3) is 0 Å². The molecule has 1 saturated carbocycles. The maximum Gasteiger partial charge on any atom is 0.152 e. The number of nitrogens with one attached hydrogen (secondary N) is 1. The fraction of sp³-hybridized carbons (Fsp3) is 0.778. The predicted octanol–water partition coefficient (Wildman–Crippen LogP) is 0.804. The summed E-state index contributed by atoms with van der Waals surface area (Å²) in [5.74, 6) is 1.08. The third-order valence-electron chi connectivity index (χ3n) is 3.08. The van der Waals surface area contributed by atoms with E-state index >= 15 is 0 Å². The Morgan fingerprint density at radius 3 is 2.62 bits per heavy atom. The Hall–Kier alpha value is -0.900. The number of nitrogens with zero attached hydrogens (tertiary/aromatic N) is 3. The zero-order valence-corrected chi connectivity index (χ0v) is 8.25. The Kier molecular flexibility index (Phi) is 2.07. The lowest BCUT2D eigenvalue weighted by Gasteiger charge is -2.26. The van der Waals surface area contributed by atoms with Gasteiger partial charge in [-0.2, -0.15) is 0 Å². The summed E-state index contributed by atoms with van der Waals surface area (Å²) in [6.45, 7) is 0. The molecule has 1 aliphatic carbocycles. The SMILES string of the molecule is CNC1(c2nncn2C)CCCC1. The highest BCUT2D eigenvalue weighted by molar-refractivity contribution is 5.08. The lowest BCUT2D eigenvalue weighted by atomic mass is 9.97. The van der Waals surface area contributed by atoms with Gasteiger partial charge >= 0.3 is 0 Å². The molecule has 13 heavy (non-hydrogen) atoms. The van der Waals surface area contributed by atoms with Crippen LogP contribution < -0.4 is 5.32 Å². The van der Waals surface area contributed by atoms with Crippen molar-refractivity contribution in [3.8, 4) is 0 Å². The minimum Gasteiger partial charge on any atom is -0.319 e. The fourth-order valence-electron chi connectivity index (χ4n) is 2.28. The molecule has 0 spiro atoms. The highest BCUT2D eigenvalue weighted by Gasteiger charge is 2.37. The Bertz CT molecular complexity index is 286. The van der Waals surface area contributed by atoms with Crippen molar-refractivity contribution >= 4 is 0 Å². The largest absolute Gasteiger partial charge is 0.319 e. The first-order valence-corrected chi connectivity index (χ1v) is 4.82. The molecular formula is C9H16N4. The molecule has 72 valence electrons. The van der Waals surface area contributed by atoms with Crippen LogP contribution in [0.2, 0.25) is 0 Å². The van der Waals surface area contributed by atoms with Crippen LogP contribution in [0, 0.1) is 0 Å². The maximum absolute atomic E-state index is 4.19. The van der Waals surface area contributed by atoms with E-state index in [-0.39, 0.29) is 5.54 Å². The molecule has 2 rings (SSSR count). The minimum absolute atomic E-state index is 0.0885. The highest BCUT2D eigenvalue weighted by Crippen LogP contribution is 2.36. The van der Waals surface area contributed by atoms with Crippen molar-refractivity contribution in [3.63, 3.8) is 0 Å². The van der Waals surface area contributed by atoms with Crippen molar-refractivity contribution in [2.45, 2.75) is 31.2 Å². The molecule has 0 atom stereocenters. The summed E-state index contributed by atoms with van der Waals surface area (Å²) in [6, 6.07) is 0. The van der Waals surface area contributed by atoms with E-state index in [0.29, 0.717) is 0 Å². The van der Waals surface area contributed by atoms with E-state index in [4.69, 9.17) is 0 Å². The molecule has 4 heteroatoms. The van der Waals surface area contributed by atoms with Crippen LogP contribution >= 0.6 is 0 Å². The summed E-state index contributed by atoms with van der Waals surface area (Å²) < 4.78 is 2.02. The summed E-state index contributed by atoms with van der Waals surface area (Å²) in [6.07, 6.45) is 6.69. The van der Waals surface area contributed by atoms with Crippen molar-refractivity contribution < 1.29 is 0 Å². The predicted molar refractivity (Wildman–Crippen MR) is 50.2 cm³/mol. The molecule has 0 bridgehead atoms. The Balaban J connectivity index is 2.36. The molecule has 0 amide bonds. The quantitative estimate of drug-likeness (QED) is 0.732. The lowest BCUT2D eigenvalue weighted by Crippen LogP contribution is -2.39. The van der Waals surface area contributed by atoms with Crippen LogP contribution in [0.15, 0.2) is 6.33 Å². The van der Waals surface area contributed by atoms with E-state index in [1.165, 1.54) is 25.7 Å². The third-order valence-corrected chi connectivity index (χ3v) is 3.08. The number of aryl methyl sites for hydroxylation is 1. The van der Waals surface area contributed by atoms with Crippen molar-refractivity contribution in [1.82, 2.24) is 20.1 Å². The average Bonchev–Trinajstić information content (AvgIpc) is 2.73. The van der Waals surface area contributed by atoms with Crippen molar-refractivity contribution in [1.29, 1.82) is 0 Å². The standard InChI is InChI=1S/C9H16N4/c1-10-9(5-3-4-6-9)8-12-11-7-13(8)2/h7,10H,3-6H2,1-2H3. The fourth-order valence-corrected chi connectivity index (χ4v) is 2.28. The van der Waals surface area contributed by atoms with Gasteiger partial charge in [-0.15, -0.1) is 10.2 Å². The second-order valence-corrected chi connectivity index (χ2v) is 3.80. The van der Waals surface area contributed by atoms with Gasteiger partial charge in [0, 0.05) is 7.05 Å². The molecule has 1 N–H and O–H groups in total. The first-order chi connectivity index (χ1) is 6.28. The lowest BCUT2D eigenvalue weighted by molar-refractivity contribution is 0.339. The van der Waals surface area contributed by atoms with Gasteiger partial charge in [-0.25, -0.2) is 0 Å². The van der Waals surface area contributed by atoms with Gasteiger partial charge in [-0.05, 0) is 19.9 Å². The first kappa shape index (κ1) is 8.69. The molecule has 1 heterocycles. The maximum atomic E-state index is 4.19. The molecule has 0 saturated heterocycles. The van der Waals surface area contributed by atoms with Gasteiger partial charge in [0.1, 0.15) is 6.33 Å². The normalized spacial score (nSPS) is 20.8. The highest BCUT2D eigenvalue weighted by atomic mass is 15.3. The van der Waals surface area contributed by atoms with Crippen molar-refractivity contribution in [3.05, 3.63) is 12.2 Å². The molecule has 1 fully saturated rings. The average molecular weight is 180 g/mol. The molecule has 0 unspecified atom stereocenters. The van der Waals surface area contributed by atoms with E-state index in [2.05, 4.69) is 15.5 Å². The van der Waals surface area contributed by atoms with E-state index in [1.54, 1.807) is 6.33 Å². The molecular weight excluding hydrogens is 164 g/mol. The van der Waals surface area contributed by atoms with Crippen LogP contribution in [-0.2, 0) is 12.6 Å². The minimum atomic E-state index is 0.0885. The summed E-state index contributed by atoms with van der Waals surface area (Å²) >= 11 is 0. The van der Waals surface area contributed by atoms with Gasteiger partial charge in [-0.3, -0.25) is 0 Å². The van der Waals surface area contributed by atoms with Crippen LogP contribution in [0.5, 0.6) is 0 Å². The molecule has 1 aromatic heterocycles. The topological polar surface area (TPSA) is 42.7 Å². The Morgan fingerprint density at radius 2 is 2.15 bits per heavy atom. The number of hydrogen-bond acceptors (Lipinski definition) is 3. The summed E-state index contributed by atoms with van der Waals surface area (Å²) in [7, 11) is 4.02.